The van der Waals surface area contributed by atoms with Crippen LogP contribution in [-0.2, 0) is 9.59 Å². The summed E-state index contributed by atoms with van der Waals surface area (Å²) in [5, 5.41) is 6.55. The van der Waals surface area contributed by atoms with E-state index in [1.807, 2.05) is 101 Å². The van der Waals surface area contributed by atoms with Crippen LogP contribution in [0.1, 0.15) is 63.4 Å². The number of rotatable bonds is 6. The van der Waals surface area contributed by atoms with Crippen LogP contribution in [0.25, 0.3) is 16.7 Å². The lowest BCUT2D eigenvalue weighted by Gasteiger charge is -2.40. The number of fused-ring (bicyclic) bond motifs is 1. The molecule has 2 atom stereocenters. The molecule has 1 aliphatic heterocycles. The van der Waals surface area contributed by atoms with Crippen LogP contribution in [0.5, 0.6) is 0 Å². The number of Topliss-reactive ketones (excluding diaryl/α,β-unsaturated/α-hetero) is 2. The van der Waals surface area contributed by atoms with Crippen molar-refractivity contribution in [3.63, 3.8) is 0 Å². The summed E-state index contributed by atoms with van der Waals surface area (Å²) in [6, 6.07) is 25.4. The standard InChI is InChI=1S/C35H36N2O3/c1-22-28-13-9-10-14-29(28)37-34(3,4)31(22)32(39)27-19-20-35(5,23(2)38)30(21-27)36-33(40)26-17-15-25(16-18-26)24-11-7-6-8-12-24/h6-18,21,27,37H,19-20H2,1-5H3,(H,36,40). The van der Waals surface area contributed by atoms with Gasteiger partial charge >= 0.3 is 0 Å². The monoisotopic (exact) mass is 532 g/mol. The molecule has 5 heteroatoms. The Morgan fingerprint density at radius 2 is 1.48 bits per heavy atom. The lowest BCUT2D eigenvalue weighted by atomic mass is 9.68. The average Bonchev–Trinajstić information content (AvgIpc) is 2.94. The van der Waals surface area contributed by atoms with Crippen LogP contribution in [0, 0.1) is 11.3 Å². The normalized spacial score (nSPS) is 21.5. The zero-order chi connectivity index (χ0) is 28.7. The van der Waals surface area contributed by atoms with Crippen LogP contribution >= 0.6 is 0 Å². The number of allylic oxidation sites excluding steroid dienone is 3. The number of carbonyl (C=O) groups excluding carboxylic acids is 3. The van der Waals surface area contributed by atoms with Gasteiger partial charge in [0.25, 0.3) is 5.91 Å². The van der Waals surface area contributed by atoms with E-state index in [-0.39, 0.29) is 17.5 Å². The first-order valence-electron chi connectivity index (χ1n) is 13.8. The van der Waals surface area contributed by atoms with Crippen molar-refractivity contribution < 1.29 is 14.4 Å². The maximum Gasteiger partial charge on any atom is 0.255 e. The summed E-state index contributed by atoms with van der Waals surface area (Å²) in [6.45, 7) is 9.45. The number of anilines is 1. The van der Waals surface area contributed by atoms with Gasteiger partial charge in [-0.1, -0.05) is 66.7 Å². The fourth-order valence-electron chi connectivity index (χ4n) is 6.04. The molecule has 3 aromatic rings. The second-order valence-electron chi connectivity index (χ2n) is 11.7. The minimum atomic E-state index is -0.868. The zero-order valence-electron chi connectivity index (χ0n) is 23.8. The van der Waals surface area contributed by atoms with E-state index < -0.39 is 16.9 Å². The van der Waals surface area contributed by atoms with Crippen LogP contribution in [0.15, 0.2) is 96.2 Å². The molecule has 0 spiro atoms. The largest absolute Gasteiger partial charge is 0.375 e. The highest BCUT2D eigenvalue weighted by molar-refractivity contribution is 6.09. The SMILES string of the molecule is CC(=O)C1(C)CCC(C(=O)C2=C(C)c3ccccc3NC2(C)C)C=C1NC(=O)c1ccc(-c2ccccc2)cc1. The second-order valence-corrected chi connectivity index (χ2v) is 11.7. The van der Waals surface area contributed by atoms with Gasteiger partial charge < -0.3 is 10.6 Å². The van der Waals surface area contributed by atoms with Crippen LogP contribution in [-0.4, -0.2) is 23.0 Å². The first-order valence-corrected chi connectivity index (χ1v) is 13.8. The number of amides is 1. The van der Waals surface area contributed by atoms with E-state index in [1.165, 1.54) is 0 Å². The summed E-state index contributed by atoms with van der Waals surface area (Å²) in [4.78, 5) is 40.3. The third-order valence-electron chi connectivity index (χ3n) is 8.56. The number of ketones is 2. The lowest BCUT2D eigenvalue weighted by Crippen LogP contribution is -2.44. The van der Waals surface area contributed by atoms with Crippen LogP contribution in [0.2, 0.25) is 0 Å². The van der Waals surface area contributed by atoms with Crippen molar-refractivity contribution in [2.75, 3.05) is 5.32 Å². The van der Waals surface area contributed by atoms with Gasteiger partial charge in [-0.15, -0.1) is 0 Å². The Kier molecular flexibility index (Phi) is 7.09. The Hall–Kier alpha value is -4.25. The van der Waals surface area contributed by atoms with Gasteiger partial charge in [-0.25, -0.2) is 0 Å². The molecule has 1 heterocycles. The van der Waals surface area contributed by atoms with Crippen molar-refractivity contribution in [1.29, 1.82) is 0 Å². The van der Waals surface area contributed by atoms with E-state index in [0.29, 0.717) is 24.1 Å². The highest BCUT2D eigenvalue weighted by Crippen LogP contribution is 2.44. The molecule has 40 heavy (non-hydrogen) atoms. The number of benzene rings is 3. The summed E-state index contributed by atoms with van der Waals surface area (Å²) in [6.07, 6.45) is 2.84. The predicted molar refractivity (Wildman–Crippen MR) is 161 cm³/mol. The zero-order valence-corrected chi connectivity index (χ0v) is 23.8. The van der Waals surface area contributed by atoms with E-state index in [9.17, 15) is 14.4 Å². The van der Waals surface area contributed by atoms with Crippen molar-refractivity contribution in [3.8, 4) is 11.1 Å². The molecular weight excluding hydrogens is 496 g/mol. The minimum absolute atomic E-state index is 0.0223. The maximum absolute atomic E-state index is 14.1. The average molecular weight is 533 g/mol. The van der Waals surface area contributed by atoms with Gasteiger partial charge in [-0.05, 0) is 82.4 Å². The summed E-state index contributed by atoms with van der Waals surface area (Å²) in [7, 11) is 0. The molecule has 2 N–H and O–H groups in total. The second kappa shape index (κ2) is 10.4. The molecule has 0 saturated heterocycles. The Bertz CT molecular complexity index is 1550. The van der Waals surface area contributed by atoms with E-state index in [4.69, 9.17) is 0 Å². The van der Waals surface area contributed by atoms with E-state index in [2.05, 4.69) is 10.6 Å². The summed E-state index contributed by atoms with van der Waals surface area (Å²) >= 11 is 0. The van der Waals surface area contributed by atoms with E-state index >= 15 is 0 Å². The molecule has 2 aliphatic rings. The number of carbonyl (C=O) groups is 3. The van der Waals surface area contributed by atoms with E-state index in [0.717, 1.165) is 33.5 Å². The van der Waals surface area contributed by atoms with Gasteiger partial charge in [0.15, 0.2) is 5.78 Å². The molecule has 2 unspecified atom stereocenters. The van der Waals surface area contributed by atoms with Crippen molar-refractivity contribution in [2.24, 2.45) is 11.3 Å². The van der Waals surface area contributed by atoms with E-state index in [1.54, 1.807) is 19.1 Å². The Balaban J connectivity index is 1.45. The summed E-state index contributed by atoms with van der Waals surface area (Å²) < 4.78 is 0. The fourth-order valence-corrected chi connectivity index (χ4v) is 6.04. The fraction of sp³-hybridized carbons (Fsp3) is 0.286. The minimum Gasteiger partial charge on any atom is -0.375 e. The third kappa shape index (κ3) is 4.92. The van der Waals surface area contributed by atoms with Gasteiger partial charge in [0, 0.05) is 34.0 Å². The molecule has 0 aromatic heterocycles. The van der Waals surface area contributed by atoms with Gasteiger partial charge in [0.05, 0.1) is 11.0 Å². The molecule has 5 rings (SSSR count). The Morgan fingerprint density at radius 1 is 0.850 bits per heavy atom. The molecule has 204 valence electrons. The molecule has 0 saturated carbocycles. The Labute approximate surface area is 236 Å². The van der Waals surface area contributed by atoms with Crippen molar-refractivity contribution in [2.45, 2.75) is 53.0 Å². The number of nitrogens with one attached hydrogen (secondary N) is 2. The maximum atomic E-state index is 14.1. The van der Waals surface area contributed by atoms with Gasteiger partial charge in [-0.3, -0.25) is 14.4 Å². The first kappa shape index (κ1) is 27.3. The first-order chi connectivity index (χ1) is 19.0. The lowest BCUT2D eigenvalue weighted by molar-refractivity contribution is -0.126. The molecular formula is C35H36N2O3. The highest BCUT2D eigenvalue weighted by Gasteiger charge is 2.43. The third-order valence-corrected chi connectivity index (χ3v) is 8.56. The van der Waals surface area contributed by atoms with Gasteiger partial charge in [0.1, 0.15) is 5.78 Å². The molecule has 0 radical (unpaired) electrons. The Morgan fingerprint density at radius 3 is 2.15 bits per heavy atom. The summed E-state index contributed by atoms with van der Waals surface area (Å²) in [5.41, 5.74) is 5.38. The number of para-hydroxylation sites is 1. The highest BCUT2D eigenvalue weighted by atomic mass is 16.2. The molecule has 1 aliphatic carbocycles. The molecule has 5 nitrogen and oxygen atoms in total. The topological polar surface area (TPSA) is 75.3 Å². The van der Waals surface area contributed by atoms with Gasteiger partial charge in [0.2, 0.25) is 0 Å². The number of hydrogen-bond donors (Lipinski definition) is 2. The predicted octanol–water partition coefficient (Wildman–Crippen LogP) is 7.22. The molecule has 3 aromatic carbocycles. The van der Waals surface area contributed by atoms with Crippen LogP contribution in [0.4, 0.5) is 5.69 Å². The molecule has 0 bridgehead atoms. The quantitative estimate of drug-likeness (QED) is 0.351. The summed E-state index contributed by atoms with van der Waals surface area (Å²) in [5.74, 6) is -0.752. The number of hydrogen-bond acceptors (Lipinski definition) is 4. The van der Waals surface area contributed by atoms with Crippen LogP contribution < -0.4 is 10.6 Å². The van der Waals surface area contributed by atoms with Crippen molar-refractivity contribution >= 4 is 28.7 Å². The smallest absolute Gasteiger partial charge is 0.255 e. The van der Waals surface area contributed by atoms with Crippen LogP contribution in [0.3, 0.4) is 0 Å². The molecule has 1 amide bonds. The van der Waals surface area contributed by atoms with Crippen molar-refractivity contribution in [3.05, 3.63) is 107 Å². The molecule has 0 fully saturated rings. The van der Waals surface area contributed by atoms with Gasteiger partial charge in [-0.2, -0.15) is 0 Å². The van der Waals surface area contributed by atoms with Crippen molar-refractivity contribution in [1.82, 2.24) is 5.32 Å².